The normalized spacial score (nSPS) is 11.0. The predicted octanol–water partition coefficient (Wildman–Crippen LogP) is 3.37. The summed E-state index contributed by atoms with van der Waals surface area (Å²) in [5.41, 5.74) is 5.04. The molecule has 1 aromatic heterocycles. The molecule has 1 heterocycles. The Bertz CT molecular complexity index is 844. The summed E-state index contributed by atoms with van der Waals surface area (Å²) in [5, 5.41) is 34.6. The Hall–Kier alpha value is -3.06. The monoisotopic (exact) mass is 327 g/mol. The van der Waals surface area contributed by atoms with E-state index in [1.54, 1.807) is 36.5 Å². The van der Waals surface area contributed by atoms with Gasteiger partial charge in [0, 0.05) is 10.9 Å². The van der Waals surface area contributed by atoms with E-state index in [9.17, 15) is 15.3 Å². The summed E-state index contributed by atoms with van der Waals surface area (Å²) in [4.78, 5) is 4.36. The Morgan fingerprint density at radius 2 is 1.78 bits per heavy atom. The number of aromatic nitrogens is 1. The van der Waals surface area contributed by atoms with Crippen LogP contribution in [-0.2, 0) is 0 Å². The molecule has 6 nitrogen and oxygen atoms in total. The fraction of sp³-hybridized carbons (Fsp3) is 0. The molecule has 0 fully saturated rings. The topological polar surface area (TPSA) is 98.0 Å². The molecule has 0 amide bonds. The Kier molecular flexibility index (Phi) is 4.11. The molecule has 4 N–H and O–H groups in total. The molecule has 0 unspecified atom stereocenters. The summed E-state index contributed by atoms with van der Waals surface area (Å²) in [6, 6.07) is 11.2. The van der Waals surface area contributed by atoms with Gasteiger partial charge in [-0.25, -0.2) is 4.98 Å². The number of anilines is 1. The van der Waals surface area contributed by atoms with Crippen molar-refractivity contribution >= 4 is 22.7 Å². The number of hydrogen-bond donors (Lipinski definition) is 4. The average molecular weight is 327 g/mol. The first kappa shape index (κ1) is 14.9. The van der Waals surface area contributed by atoms with Crippen molar-refractivity contribution in [3.05, 3.63) is 53.4 Å². The standard InChI is InChI=1S/C16H13N3O3S/c20-12-4-1-10(2-5-12)8-17-19-16-18-13(9-23-16)11-3-6-14(21)15(22)7-11/h1-9,20-22H,(H,18,19)/b17-8+. The zero-order chi connectivity index (χ0) is 16.2. The summed E-state index contributed by atoms with van der Waals surface area (Å²) in [7, 11) is 0. The molecule has 0 spiro atoms. The van der Waals surface area contributed by atoms with Crippen LogP contribution in [0.25, 0.3) is 11.3 Å². The van der Waals surface area contributed by atoms with Crippen LogP contribution in [0.15, 0.2) is 52.9 Å². The van der Waals surface area contributed by atoms with Gasteiger partial charge in [-0.05, 0) is 48.0 Å². The van der Waals surface area contributed by atoms with Crippen molar-refractivity contribution in [1.29, 1.82) is 0 Å². The van der Waals surface area contributed by atoms with E-state index in [4.69, 9.17) is 0 Å². The zero-order valence-electron chi connectivity index (χ0n) is 11.8. The predicted molar refractivity (Wildman–Crippen MR) is 90.2 cm³/mol. The molecule has 3 aromatic rings. The molecule has 23 heavy (non-hydrogen) atoms. The number of phenols is 3. The Morgan fingerprint density at radius 3 is 2.52 bits per heavy atom. The maximum atomic E-state index is 9.52. The second-order valence-electron chi connectivity index (χ2n) is 4.70. The van der Waals surface area contributed by atoms with Crippen LogP contribution in [0.3, 0.4) is 0 Å². The van der Waals surface area contributed by atoms with Crippen molar-refractivity contribution in [2.75, 3.05) is 5.43 Å². The van der Waals surface area contributed by atoms with Crippen LogP contribution in [0, 0.1) is 0 Å². The third-order valence-corrected chi connectivity index (χ3v) is 3.79. The summed E-state index contributed by atoms with van der Waals surface area (Å²) >= 11 is 1.37. The molecular weight excluding hydrogens is 314 g/mol. The lowest BCUT2D eigenvalue weighted by Crippen LogP contribution is -1.90. The van der Waals surface area contributed by atoms with Gasteiger partial charge in [-0.3, -0.25) is 5.43 Å². The maximum absolute atomic E-state index is 9.52. The van der Waals surface area contributed by atoms with E-state index < -0.39 is 0 Å². The minimum Gasteiger partial charge on any atom is -0.508 e. The second kappa shape index (κ2) is 6.37. The van der Waals surface area contributed by atoms with Crippen molar-refractivity contribution in [3.8, 4) is 28.5 Å². The van der Waals surface area contributed by atoms with Gasteiger partial charge in [0.25, 0.3) is 0 Å². The molecule has 0 bridgehead atoms. The maximum Gasteiger partial charge on any atom is 0.203 e. The van der Waals surface area contributed by atoms with Crippen molar-refractivity contribution in [2.45, 2.75) is 0 Å². The molecule has 0 aliphatic heterocycles. The van der Waals surface area contributed by atoms with Gasteiger partial charge in [-0.15, -0.1) is 11.3 Å². The van der Waals surface area contributed by atoms with Gasteiger partial charge in [-0.2, -0.15) is 5.10 Å². The van der Waals surface area contributed by atoms with Gasteiger partial charge in [0.15, 0.2) is 11.5 Å². The van der Waals surface area contributed by atoms with Crippen LogP contribution < -0.4 is 5.43 Å². The summed E-state index contributed by atoms with van der Waals surface area (Å²) < 4.78 is 0. The molecule has 3 rings (SSSR count). The smallest absolute Gasteiger partial charge is 0.203 e. The largest absolute Gasteiger partial charge is 0.508 e. The number of nitrogens with one attached hydrogen (secondary N) is 1. The van der Waals surface area contributed by atoms with E-state index in [1.807, 2.05) is 5.38 Å². The Labute approximate surface area is 136 Å². The zero-order valence-corrected chi connectivity index (χ0v) is 12.7. The van der Waals surface area contributed by atoms with Crippen molar-refractivity contribution in [2.24, 2.45) is 5.10 Å². The molecule has 2 aromatic carbocycles. The number of phenolic OH excluding ortho intramolecular Hbond substituents is 3. The van der Waals surface area contributed by atoms with Gasteiger partial charge in [0.2, 0.25) is 5.13 Å². The van der Waals surface area contributed by atoms with Crippen molar-refractivity contribution in [3.63, 3.8) is 0 Å². The van der Waals surface area contributed by atoms with E-state index in [0.717, 1.165) is 5.56 Å². The molecule has 116 valence electrons. The van der Waals surface area contributed by atoms with Crippen LogP contribution in [0.1, 0.15) is 5.56 Å². The van der Waals surface area contributed by atoms with Gasteiger partial charge < -0.3 is 15.3 Å². The van der Waals surface area contributed by atoms with Gasteiger partial charge in [-0.1, -0.05) is 0 Å². The highest BCUT2D eigenvalue weighted by Crippen LogP contribution is 2.31. The third-order valence-electron chi connectivity index (χ3n) is 3.04. The lowest BCUT2D eigenvalue weighted by Gasteiger charge is -2.00. The number of nitrogens with zero attached hydrogens (tertiary/aromatic N) is 2. The number of hydrogen-bond acceptors (Lipinski definition) is 7. The molecule has 7 heteroatoms. The summed E-state index contributed by atoms with van der Waals surface area (Å²) in [5.74, 6) is -0.145. The number of thiazole rings is 1. The van der Waals surface area contributed by atoms with E-state index in [-0.39, 0.29) is 17.2 Å². The summed E-state index contributed by atoms with van der Waals surface area (Å²) in [6.45, 7) is 0. The number of aromatic hydroxyl groups is 3. The number of hydrazone groups is 1. The molecule has 0 saturated carbocycles. The SMILES string of the molecule is Oc1ccc(/C=N/Nc2nc(-c3ccc(O)c(O)c3)cs2)cc1. The van der Waals surface area contributed by atoms with Crippen LogP contribution in [-0.4, -0.2) is 26.5 Å². The molecule has 0 atom stereocenters. The molecule has 0 radical (unpaired) electrons. The first-order valence-electron chi connectivity index (χ1n) is 6.68. The van der Waals surface area contributed by atoms with Gasteiger partial charge in [0.05, 0.1) is 11.9 Å². The van der Waals surface area contributed by atoms with Crippen LogP contribution in [0.4, 0.5) is 5.13 Å². The van der Waals surface area contributed by atoms with E-state index in [1.165, 1.54) is 23.5 Å². The van der Waals surface area contributed by atoms with Gasteiger partial charge in [0.1, 0.15) is 5.75 Å². The minimum absolute atomic E-state index is 0.166. The Morgan fingerprint density at radius 1 is 1.00 bits per heavy atom. The lowest BCUT2D eigenvalue weighted by atomic mass is 10.1. The highest BCUT2D eigenvalue weighted by molar-refractivity contribution is 7.14. The molecule has 0 saturated heterocycles. The second-order valence-corrected chi connectivity index (χ2v) is 5.56. The van der Waals surface area contributed by atoms with E-state index in [2.05, 4.69) is 15.5 Å². The minimum atomic E-state index is -0.185. The van der Waals surface area contributed by atoms with E-state index >= 15 is 0 Å². The molecule has 0 aliphatic rings. The number of rotatable bonds is 4. The van der Waals surface area contributed by atoms with Crippen molar-refractivity contribution in [1.82, 2.24) is 4.98 Å². The highest BCUT2D eigenvalue weighted by atomic mass is 32.1. The van der Waals surface area contributed by atoms with E-state index in [0.29, 0.717) is 16.4 Å². The van der Waals surface area contributed by atoms with Crippen molar-refractivity contribution < 1.29 is 15.3 Å². The fourth-order valence-electron chi connectivity index (χ4n) is 1.86. The Balaban J connectivity index is 1.69. The van der Waals surface area contributed by atoms with Gasteiger partial charge >= 0.3 is 0 Å². The van der Waals surface area contributed by atoms with Crippen LogP contribution >= 0.6 is 11.3 Å². The van der Waals surface area contributed by atoms with Crippen LogP contribution in [0.2, 0.25) is 0 Å². The highest BCUT2D eigenvalue weighted by Gasteiger charge is 2.07. The number of benzene rings is 2. The molecular formula is C16H13N3O3S. The average Bonchev–Trinajstić information content (AvgIpc) is 3.01. The fourth-order valence-corrected chi connectivity index (χ4v) is 2.53. The molecule has 0 aliphatic carbocycles. The quantitative estimate of drug-likeness (QED) is 0.334. The lowest BCUT2D eigenvalue weighted by molar-refractivity contribution is 0.404. The third kappa shape index (κ3) is 3.58. The summed E-state index contributed by atoms with van der Waals surface area (Å²) in [6.07, 6.45) is 1.62. The first-order chi connectivity index (χ1) is 11.1. The first-order valence-corrected chi connectivity index (χ1v) is 7.56. The van der Waals surface area contributed by atoms with Crippen LogP contribution in [0.5, 0.6) is 17.2 Å².